The Balaban J connectivity index is 1.99. The van der Waals surface area contributed by atoms with Crippen molar-refractivity contribution < 1.29 is 13.9 Å². The Bertz CT molecular complexity index is 456. The molecule has 0 bridgehead atoms. The second-order valence-electron chi connectivity index (χ2n) is 4.17. The van der Waals surface area contributed by atoms with E-state index in [2.05, 4.69) is 21.2 Å². The normalized spacial score (nSPS) is 23.1. The number of benzene rings is 1. The van der Waals surface area contributed by atoms with Gasteiger partial charge in [-0.1, -0.05) is 0 Å². The number of carbonyl (C=O) groups is 1. The van der Waals surface area contributed by atoms with E-state index >= 15 is 0 Å². The van der Waals surface area contributed by atoms with E-state index in [9.17, 15) is 9.18 Å². The van der Waals surface area contributed by atoms with Crippen LogP contribution in [0.1, 0.15) is 12.8 Å². The second kappa shape index (κ2) is 5.77. The first kappa shape index (κ1) is 13.5. The number of ether oxygens (including phenoxy) is 1. The van der Waals surface area contributed by atoms with E-state index in [1.54, 1.807) is 0 Å². The molecule has 1 saturated heterocycles. The minimum absolute atomic E-state index is 0.0441. The molecule has 1 aromatic carbocycles. The number of halogens is 2. The number of hydrogen-bond acceptors (Lipinski definition) is 3. The van der Waals surface area contributed by atoms with Gasteiger partial charge in [0, 0.05) is 11.0 Å². The van der Waals surface area contributed by atoms with Gasteiger partial charge < -0.3 is 15.8 Å². The van der Waals surface area contributed by atoms with Gasteiger partial charge in [0.05, 0.1) is 11.8 Å². The van der Waals surface area contributed by atoms with E-state index in [0.717, 1.165) is 6.42 Å². The highest BCUT2D eigenvalue weighted by atomic mass is 79.9. The fraction of sp³-hybridized carbons (Fsp3) is 0.417. The molecule has 2 atom stereocenters. The van der Waals surface area contributed by atoms with Crippen LogP contribution < -0.4 is 11.1 Å². The van der Waals surface area contributed by atoms with Crippen molar-refractivity contribution in [2.24, 2.45) is 5.73 Å². The first-order valence-electron chi connectivity index (χ1n) is 5.71. The summed E-state index contributed by atoms with van der Waals surface area (Å²) in [5, 5.41) is 2.71. The van der Waals surface area contributed by atoms with E-state index in [1.165, 1.54) is 18.2 Å². The molecule has 1 aliphatic rings. The Morgan fingerprint density at radius 1 is 1.56 bits per heavy atom. The van der Waals surface area contributed by atoms with Crippen LogP contribution in [0.15, 0.2) is 22.7 Å². The van der Waals surface area contributed by atoms with Crippen molar-refractivity contribution >= 4 is 27.5 Å². The zero-order valence-corrected chi connectivity index (χ0v) is 11.2. The van der Waals surface area contributed by atoms with E-state index in [1.807, 2.05) is 0 Å². The van der Waals surface area contributed by atoms with Gasteiger partial charge in [0.1, 0.15) is 11.9 Å². The molecule has 4 nitrogen and oxygen atoms in total. The van der Waals surface area contributed by atoms with Crippen molar-refractivity contribution in [1.82, 2.24) is 0 Å². The first-order chi connectivity index (χ1) is 8.60. The van der Waals surface area contributed by atoms with Crippen molar-refractivity contribution in [2.75, 3.05) is 11.9 Å². The summed E-state index contributed by atoms with van der Waals surface area (Å²) >= 11 is 3.19. The summed E-state index contributed by atoms with van der Waals surface area (Å²) in [4.78, 5) is 11.9. The zero-order valence-electron chi connectivity index (χ0n) is 9.66. The summed E-state index contributed by atoms with van der Waals surface area (Å²) in [5.74, 6) is -0.585. The molecule has 0 aliphatic carbocycles. The molecule has 2 rings (SSSR count). The number of carbonyl (C=O) groups excluding carboxylic acids is 1. The average Bonchev–Trinajstić information content (AvgIpc) is 2.81. The smallest absolute Gasteiger partial charge is 0.253 e. The molecule has 6 heteroatoms. The molecule has 2 unspecified atom stereocenters. The number of rotatable bonds is 3. The standard InChI is InChI=1S/C12H14BrFN2O2/c13-9-5-7(14)1-3-10(9)16-12(17)11-4-2-8(6-15)18-11/h1,3,5,8,11H,2,4,6,15H2,(H,16,17). The largest absolute Gasteiger partial charge is 0.364 e. The van der Waals surface area contributed by atoms with Gasteiger partial charge in [0.2, 0.25) is 0 Å². The van der Waals surface area contributed by atoms with Crippen LogP contribution in [0, 0.1) is 5.82 Å². The number of anilines is 1. The molecular formula is C12H14BrFN2O2. The summed E-state index contributed by atoms with van der Waals surface area (Å²) in [7, 11) is 0. The minimum atomic E-state index is -0.476. The maximum absolute atomic E-state index is 12.9. The lowest BCUT2D eigenvalue weighted by atomic mass is 10.2. The third-order valence-corrected chi connectivity index (χ3v) is 3.51. The van der Waals surface area contributed by atoms with Crippen LogP contribution in [0.4, 0.5) is 10.1 Å². The monoisotopic (exact) mass is 316 g/mol. The maximum atomic E-state index is 12.9. The fourth-order valence-corrected chi connectivity index (χ4v) is 2.33. The molecule has 3 N–H and O–H groups in total. The lowest BCUT2D eigenvalue weighted by Crippen LogP contribution is -2.29. The summed E-state index contributed by atoms with van der Waals surface area (Å²) in [6, 6.07) is 4.10. The van der Waals surface area contributed by atoms with Gasteiger partial charge in [-0.15, -0.1) is 0 Å². The Morgan fingerprint density at radius 2 is 2.33 bits per heavy atom. The van der Waals surface area contributed by atoms with Crippen LogP contribution >= 0.6 is 15.9 Å². The number of nitrogens with one attached hydrogen (secondary N) is 1. The molecule has 0 saturated carbocycles. The Morgan fingerprint density at radius 3 is 2.94 bits per heavy atom. The maximum Gasteiger partial charge on any atom is 0.253 e. The van der Waals surface area contributed by atoms with Crippen LogP contribution in [0.25, 0.3) is 0 Å². The summed E-state index contributed by atoms with van der Waals surface area (Å²) in [6.45, 7) is 0.421. The lowest BCUT2D eigenvalue weighted by molar-refractivity contribution is -0.126. The van der Waals surface area contributed by atoms with Crippen LogP contribution in [0.2, 0.25) is 0 Å². The highest BCUT2D eigenvalue weighted by Gasteiger charge is 2.30. The highest BCUT2D eigenvalue weighted by molar-refractivity contribution is 9.10. The van der Waals surface area contributed by atoms with Crippen molar-refractivity contribution in [2.45, 2.75) is 25.0 Å². The SMILES string of the molecule is NCC1CCC(C(=O)Nc2ccc(F)cc2Br)O1. The fourth-order valence-electron chi connectivity index (χ4n) is 1.88. The van der Waals surface area contributed by atoms with Crippen LogP contribution in [-0.4, -0.2) is 24.7 Å². The average molecular weight is 317 g/mol. The van der Waals surface area contributed by atoms with Gasteiger partial charge in [-0.25, -0.2) is 4.39 Å². The molecule has 0 spiro atoms. The molecule has 1 amide bonds. The van der Waals surface area contributed by atoms with Gasteiger partial charge >= 0.3 is 0 Å². The minimum Gasteiger partial charge on any atom is -0.364 e. The van der Waals surface area contributed by atoms with Crippen molar-refractivity contribution in [1.29, 1.82) is 0 Å². The molecule has 98 valence electrons. The highest BCUT2D eigenvalue weighted by Crippen LogP contribution is 2.25. The van der Waals surface area contributed by atoms with Gasteiger partial charge in [0.15, 0.2) is 0 Å². The number of amides is 1. The predicted molar refractivity (Wildman–Crippen MR) is 69.7 cm³/mol. The van der Waals surface area contributed by atoms with Gasteiger partial charge in [-0.2, -0.15) is 0 Å². The Labute approximate surface area is 113 Å². The summed E-state index contributed by atoms with van der Waals surface area (Å²) < 4.78 is 18.9. The number of hydrogen-bond donors (Lipinski definition) is 2. The van der Waals surface area contributed by atoms with E-state index < -0.39 is 6.10 Å². The van der Waals surface area contributed by atoms with Crippen LogP contribution in [0.3, 0.4) is 0 Å². The summed E-state index contributed by atoms with van der Waals surface area (Å²) in [5.41, 5.74) is 6.01. The molecule has 18 heavy (non-hydrogen) atoms. The predicted octanol–water partition coefficient (Wildman–Crippen LogP) is 2.03. The van der Waals surface area contributed by atoms with Crippen molar-refractivity contribution in [3.63, 3.8) is 0 Å². The lowest BCUT2D eigenvalue weighted by Gasteiger charge is -2.13. The molecule has 0 radical (unpaired) electrons. The van der Waals surface area contributed by atoms with Gasteiger partial charge in [-0.05, 0) is 47.0 Å². The van der Waals surface area contributed by atoms with E-state index in [-0.39, 0.29) is 17.8 Å². The molecule has 1 fully saturated rings. The molecular weight excluding hydrogens is 303 g/mol. The third kappa shape index (κ3) is 3.07. The van der Waals surface area contributed by atoms with Crippen LogP contribution in [-0.2, 0) is 9.53 Å². The molecule has 1 heterocycles. The van der Waals surface area contributed by atoms with Crippen molar-refractivity contribution in [3.05, 3.63) is 28.5 Å². The molecule has 0 aromatic heterocycles. The zero-order chi connectivity index (χ0) is 13.1. The topological polar surface area (TPSA) is 64.4 Å². The van der Waals surface area contributed by atoms with E-state index in [4.69, 9.17) is 10.5 Å². The Hall–Kier alpha value is -0.980. The summed E-state index contributed by atoms with van der Waals surface area (Å²) in [6.07, 6.45) is 0.930. The molecule has 1 aliphatic heterocycles. The third-order valence-electron chi connectivity index (χ3n) is 2.85. The van der Waals surface area contributed by atoms with Crippen LogP contribution in [0.5, 0.6) is 0 Å². The second-order valence-corrected chi connectivity index (χ2v) is 5.03. The van der Waals surface area contributed by atoms with Gasteiger partial charge in [-0.3, -0.25) is 4.79 Å². The van der Waals surface area contributed by atoms with Gasteiger partial charge in [0.25, 0.3) is 5.91 Å². The Kier molecular flexibility index (Phi) is 4.31. The quantitative estimate of drug-likeness (QED) is 0.896. The number of nitrogens with two attached hydrogens (primary N) is 1. The van der Waals surface area contributed by atoms with Crippen molar-refractivity contribution in [3.8, 4) is 0 Å². The van der Waals surface area contributed by atoms with E-state index in [0.29, 0.717) is 23.1 Å². The first-order valence-corrected chi connectivity index (χ1v) is 6.51. The molecule has 1 aromatic rings.